The third-order valence-electron chi connectivity index (χ3n) is 6.10. The Bertz CT molecular complexity index is 629. The molecule has 0 aliphatic carbocycles. The number of halogens is 6. The van der Waals surface area contributed by atoms with Gasteiger partial charge in [0.1, 0.15) is 11.1 Å². The fraction of sp³-hybridized carbons (Fsp3) is 1.00. The number of rotatable bonds is 8. The second-order valence-corrected chi connectivity index (χ2v) is 14.9. The molecule has 4 nitrogen and oxygen atoms in total. The summed E-state index contributed by atoms with van der Waals surface area (Å²) in [5.74, 6) is -1.29. The van der Waals surface area contributed by atoms with E-state index in [0.29, 0.717) is 12.8 Å². The Morgan fingerprint density at radius 1 is 0.588 bits per heavy atom. The zero-order chi connectivity index (χ0) is 28.1. The van der Waals surface area contributed by atoms with E-state index in [9.17, 15) is 34.8 Å². The summed E-state index contributed by atoms with van der Waals surface area (Å²) in [6.07, 6.45) is -8.12. The Morgan fingerprint density at radius 3 is 0.912 bits per heavy atom. The highest BCUT2D eigenvalue weighted by Crippen LogP contribution is 2.39. The van der Waals surface area contributed by atoms with Crippen molar-refractivity contribution in [3.8, 4) is 0 Å². The van der Waals surface area contributed by atoms with Crippen molar-refractivity contribution >= 4 is 22.0 Å². The maximum absolute atomic E-state index is 13.1. The Balaban J connectivity index is 0. The predicted molar refractivity (Wildman–Crippen MR) is 130 cm³/mol. The zero-order valence-corrected chi connectivity index (χ0v) is 24.1. The van der Waals surface area contributed by atoms with Gasteiger partial charge in [-0.3, -0.25) is 0 Å². The van der Waals surface area contributed by atoms with Crippen LogP contribution >= 0.6 is 0 Å². The molecule has 0 aliphatic heterocycles. The lowest BCUT2D eigenvalue weighted by Crippen LogP contribution is -2.61. The van der Waals surface area contributed by atoms with E-state index in [2.05, 4.69) is 9.44 Å². The van der Waals surface area contributed by atoms with Gasteiger partial charge in [0.15, 0.2) is 0 Å². The van der Waals surface area contributed by atoms with Gasteiger partial charge in [-0.1, -0.05) is 40.5 Å². The van der Waals surface area contributed by atoms with Gasteiger partial charge in [0.2, 0.25) is 0 Å². The minimum atomic E-state index is -4.43. The van der Waals surface area contributed by atoms with Crippen molar-refractivity contribution in [2.75, 3.05) is 0 Å². The van der Waals surface area contributed by atoms with Gasteiger partial charge in [-0.15, -0.1) is 0 Å². The SMILES string of the molecule is CC[C@@H](C)[C@@](C)(N[S@@](=O)C(C)(C)C)C(F)(F)F.CC[C@@H](C)[C@@](C)(N[S@@](=O)C(C)(C)C)C(F)(F)F. The topological polar surface area (TPSA) is 58.2 Å². The standard InChI is InChI=1S/2C11H22F3NOS/c2*1-7-8(2)10(6,11(12,13)14)15-17(16)9(3,4)5/h2*8,15H,7H2,1-6H3/t2*8-,10-,17+/m11/s1. The van der Waals surface area contributed by atoms with E-state index < -0.39 is 66.7 Å². The third kappa shape index (κ3) is 9.69. The maximum atomic E-state index is 13.1. The van der Waals surface area contributed by atoms with Crippen molar-refractivity contribution in [2.24, 2.45) is 11.8 Å². The van der Waals surface area contributed by atoms with Crippen molar-refractivity contribution in [3.05, 3.63) is 0 Å². The number of hydrogen-bond acceptors (Lipinski definition) is 2. The van der Waals surface area contributed by atoms with Crippen LogP contribution in [0.5, 0.6) is 0 Å². The first kappa shape index (κ1) is 36.0. The van der Waals surface area contributed by atoms with Crippen molar-refractivity contribution in [1.29, 1.82) is 0 Å². The van der Waals surface area contributed by atoms with E-state index in [0.717, 1.165) is 13.8 Å². The molecule has 0 heterocycles. The Morgan fingerprint density at radius 2 is 0.794 bits per heavy atom. The smallest absolute Gasteiger partial charge is 0.242 e. The molecular weight excluding hydrogens is 502 g/mol. The largest absolute Gasteiger partial charge is 0.407 e. The Kier molecular flexibility index (Phi) is 13.1. The van der Waals surface area contributed by atoms with Gasteiger partial charge in [0, 0.05) is 0 Å². The molecule has 0 aromatic heterocycles. The van der Waals surface area contributed by atoms with Gasteiger partial charge < -0.3 is 0 Å². The molecule has 0 radical (unpaired) electrons. The first-order valence-electron chi connectivity index (χ1n) is 11.2. The summed E-state index contributed by atoms with van der Waals surface area (Å²) in [5.41, 5.74) is -4.25. The van der Waals surface area contributed by atoms with E-state index in [1.54, 1.807) is 55.4 Å². The lowest BCUT2D eigenvalue weighted by molar-refractivity contribution is -0.199. The molecule has 0 saturated heterocycles. The summed E-state index contributed by atoms with van der Waals surface area (Å²) in [5, 5.41) is 0. The highest BCUT2D eigenvalue weighted by Gasteiger charge is 2.56. The molecule has 208 valence electrons. The van der Waals surface area contributed by atoms with Gasteiger partial charge in [0.05, 0.1) is 31.5 Å². The van der Waals surface area contributed by atoms with Crippen LogP contribution in [0.15, 0.2) is 0 Å². The van der Waals surface area contributed by atoms with Crippen LogP contribution in [0, 0.1) is 11.8 Å². The van der Waals surface area contributed by atoms with Crippen LogP contribution in [-0.4, -0.2) is 41.3 Å². The predicted octanol–water partition coefficient (Wildman–Crippen LogP) is 6.81. The molecule has 0 fully saturated rings. The monoisotopic (exact) mass is 546 g/mol. The van der Waals surface area contributed by atoms with Gasteiger partial charge in [-0.25, -0.2) is 17.9 Å². The molecule has 0 saturated carbocycles. The van der Waals surface area contributed by atoms with E-state index in [-0.39, 0.29) is 0 Å². The maximum Gasteiger partial charge on any atom is 0.407 e. The van der Waals surface area contributed by atoms with E-state index >= 15 is 0 Å². The van der Waals surface area contributed by atoms with Crippen molar-refractivity contribution < 1.29 is 34.8 Å². The van der Waals surface area contributed by atoms with E-state index in [4.69, 9.17) is 0 Å². The normalized spacial score (nSPS) is 20.8. The lowest BCUT2D eigenvalue weighted by atomic mass is 9.85. The molecule has 0 unspecified atom stereocenters. The number of nitrogens with one attached hydrogen (secondary N) is 2. The summed E-state index contributed by atoms with van der Waals surface area (Å²) >= 11 is 0. The average Bonchev–Trinajstić information content (AvgIpc) is 2.63. The molecule has 0 rings (SSSR count). The molecule has 2 N–H and O–H groups in total. The molecule has 0 spiro atoms. The van der Waals surface area contributed by atoms with Crippen LogP contribution in [0.4, 0.5) is 26.3 Å². The Hall–Kier alpha value is -0.200. The molecule has 0 bridgehead atoms. The highest BCUT2D eigenvalue weighted by atomic mass is 32.2. The summed E-state index contributed by atoms with van der Waals surface area (Å²) in [7, 11) is -3.49. The molecule has 0 aromatic rings. The third-order valence-corrected chi connectivity index (χ3v) is 9.54. The fourth-order valence-electron chi connectivity index (χ4n) is 2.38. The quantitative estimate of drug-likeness (QED) is 0.329. The summed E-state index contributed by atoms with van der Waals surface area (Å²) in [6, 6.07) is 0. The van der Waals surface area contributed by atoms with E-state index in [1.807, 2.05) is 0 Å². The van der Waals surface area contributed by atoms with Crippen LogP contribution in [0.1, 0.15) is 95.9 Å². The second kappa shape index (κ2) is 12.4. The van der Waals surface area contributed by atoms with Gasteiger partial charge in [0.25, 0.3) is 0 Å². The minimum absolute atomic E-state index is 0.365. The molecule has 34 heavy (non-hydrogen) atoms. The molecule has 0 amide bonds. The molecule has 12 heteroatoms. The van der Waals surface area contributed by atoms with Crippen molar-refractivity contribution in [1.82, 2.24) is 9.44 Å². The van der Waals surface area contributed by atoms with Crippen LogP contribution in [0.3, 0.4) is 0 Å². The molecule has 6 atom stereocenters. The van der Waals surface area contributed by atoms with Gasteiger partial charge >= 0.3 is 12.4 Å². The van der Waals surface area contributed by atoms with E-state index in [1.165, 1.54) is 13.8 Å². The van der Waals surface area contributed by atoms with Crippen LogP contribution in [0.25, 0.3) is 0 Å². The fourth-order valence-corrected chi connectivity index (χ4v) is 4.40. The van der Waals surface area contributed by atoms with Gasteiger partial charge in [-0.05, 0) is 67.2 Å². The number of hydrogen-bond donors (Lipinski definition) is 2. The highest BCUT2D eigenvalue weighted by molar-refractivity contribution is 7.84. The van der Waals surface area contributed by atoms with Gasteiger partial charge in [-0.2, -0.15) is 26.3 Å². The molecule has 0 aromatic carbocycles. The zero-order valence-electron chi connectivity index (χ0n) is 22.5. The number of alkyl halides is 6. The van der Waals surface area contributed by atoms with Crippen molar-refractivity contribution in [2.45, 2.75) is 129 Å². The van der Waals surface area contributed by atoms with Crippen molar-refractivity contribution in [3.63, 3.8) is 0 Å². The first-order valence-corrected chi connectivity index (χ1v) is 13.5. The lowest BCUT2D eigenvalue weighted by Gasteiger charge is -2.39. The summed E-state index contributed by atoms with van der Waals surface area (Å²) in [4.78, 5) is 0. The van der Waals surface area contributed by atoms with Crippen LogP contribution in [-0.2, 0) is 22.0 Å². The second-order valence-electron chi connectivity index (χ2n) is 11.0. The summed E-state index contributed by atoms with van der Waals surface area (Å²) in [6.45, 7) is 18.4. The van der Waals surface area contributed by atoms with Crippen LogP contribution < -0.4 is 9.44 Å². The molecular formula is C22H44F6N2O2S2. The minimum Gasteiger partial charge on any atom is -0.242 e. The first-order chi connectivity index (χ1) is 14.7. The van der Waals surface area contributed by atoms with Crippen LogP contribution in [0.2, 0.25) is 0 Å². The summed E-state index contributed by atoms with van der Waals surface area (Å²) < 4.78 is 105. The Labute approximate surface area is 207 Å². The molecule has 0 aliphatic rings. The average molecular weight is 547 g/mol.